The van der Waals surface area contributed by atoms with Crippen molar-refractivity contribution in [1.82, 2.24) is 16.2 Å². The molecule has 0 saturated heterocycles. The molecule has 0 spiro atoms. The van der Waals surface area contributed by atoms with Gasteiger partial charge in [-0.05, 0) is 16.7 Å². The number of carbonyl (C=O) groups excluding carboxylic acids is 3. The molecule has 0 radical (unpaired) electrons. The van der Waals surface area contributed by atoms with Crippen molar-refractivity contribution in [2.75, 3.05) is 0 Å². The van der Waals surface area contributed by atoms with Gasteiger partial charge in [-0.3, -0.25) is 25.2 Å². The summed E-state index contributed by atoms with van der Waals surface area (Å²) in [5.74, 6) is -1.56. The molecule has 0 aliphatic heterocycles. The minimum Gasteiger partial charge on any atom is -0.352 e. The number of hydrazine groups is 1. The van der Waals surface area contributed by atoms with Crippen molar-refractivity contribution < 1.29 is 14.4 Å². The van der Waals surface area contributed by atoms with E-state index in [2.05, 4.69) is 16.2 Å². The van der Waals surface area contributed by atoms with Crippen LogP contribution in [-0.4, -0.2) is 17.7 Å². The first-order chi connectivity index (χ1) is 15.1. The monoisotopic (exact) mass is 415 g/mol. The van der Waals surface area contributed by atoms with Gasteiger partial charge in [0, 0.05) is 19.4 Å². The first kappa shape index (κ1) is 21.8. The number of hydrogen-bond donors (Lipinski definition) is 3. The molecule has 0 aliphatic rings. The van der Waals surface area contributed by atoms with E-state index in [0.29, 0.717) is 6.54 Å². The average Bonchev–Trinajstić information content (AvgIpc) is 2.82. The molecule has 0 atom stereocenters. The van der Waals surface area contributed by atoms with Crippen LogP contribution < -0.4 is 16.2 Å². The summed E-state index contributed by atoms with van der Waals surface area (Å²) >= 11 is 0. The minimum atomic E-state index is -0.558. The summed E-state index contributed by atoms with van der Waals surface area (Å²) in [5, 5.41) is 2.77. The van der Waals surface area contributed by atoms with Crippen molar-refractivity contribution in [3.63, 3.8) is 0 Å². The predicted octanol–water partition coefficient (Wildman–Crippen LogP) is 3.06. The summed E-state index contributed by atoms with van der Waals surface area (Å²) in [6, 6.07) is 28.2. The van der Waals surface area contributed by atoms with Gasteiger partial charge in [0.1, 0.15) is 0 Å². The van der Waals surface area contributed by atoms with Gasteiger partial charge in [-0.1, -0.05) is 91.0 Å². The lowest BCUT2D eigenvalue weighted by Crippen LogP contribution is -2.44. The van der Waals surface area contributed by atoms with E-state index in [9.17, 15) is 14.4 Å². The van der Waals surface area contributed by atoms with Gasteiger partial charge in [-0.2, -0.15) is 0 Å². The molecule has 0 unspecified atom stereocenters. The smallest absolute Gasteiger partial charge is 0.250 e. The fraction of sp³-hybridized carbons (Fsp3) is 0.160. The van der Waals surface area contributed by atoms with Crippen LogP contribution >= 0.6 is 0 Å². The summed E-state index contributed by atoms with van der Waals surface area (Å²) in [4.78, 5) is 36.9. The Morgan fingerprint density at radius 1 is 0.613 bits per heavy atom. The maximum Gasteiger partial charge on any atom is 0.250 e. The van der Waals surface area contributed by atoms with E-state index in [1.165, 1.54) is 0 Å². The van der Waals surface area contributed by atoms with Crippen LogP contribution in [0.3, 0.4) is 0 Å². The van der Waals surface area contributed by atoms with Crippen LogP contribution in [-0.2, 0) is 20.9 Å². The van der Waals surface area contributed by atoms with Crippen molar-refractivity contribution in [3.8, 4) is 0 Å². The first-order valence-electron chi connectivity index (χ1n) is 10.1. The average molecular weight is 415 g/mol. The quantitative estimate of drug-likeness (QED) is 0.494. The fourth-order valence-corrected chi connectivity index (χ4v) is 3.16. The molecule has 158 valence electrons. The Morgan fingerprint density at radius 3 is 1.65 bits per heavy atom. The second-order valence-electron chi connectivity index (χ2n) is 7.05. The Bertz CT molecular complexity index is 953. The van der Waals surface area contributed by atoms with Crippen molar-refractivity contribution in [2.45, 2.75) is 25.3 Å². The van der Waals surface area contributed by atoms with Crippen molar-refractivity contribution in [1.29, 1.82) is 0 Å². The molecule has 0 heterocycles. The van der Waals surface area contributed by atoms with E-state index in [1.807, 2.05) is 91.0 Å². The van der Waals surface area contributed by atoms with E-state index >= 15 is 0 Å². The van der Waals surface area contributed by atoms with Crippen LogP contribution in [0.2, 0.25) is 0 Å². The number of rotatable bonds is 8. The van der Waals surface area contributed by atoms with Crippen molar-refractivity contribution in [2.24, 2.45) is 0 Å². The minimum absolute atomic E-state index is 0.0256. The van der Waals surface area contributed by atoms with Gasteiger partial charge in [-0.15, -0.1) is 0 Å². The zero-order valence-electron chi connectivity index (χ0n) is 17.1. The molecule has 0 aliphatic carbocycles. The fourth-order valence-electron chi connectivity index (χ4n) is 3.16. The van der Waals surface area contributed by atoms with E-state index < -0.39 is 11.8 Å². The topological polar surface area (TPSA) is 87.3 Å². The van der Waals surface area contributed by atoms with Crippen LogP contribution in [0.4, 0.5) is 0 Å². The van der Waals surface area contributed by atoms with E-state index in [4.69, 9.17) is 0 Å². The number of carbonyl (C=O) groups is 3. The maximum absolute atomic E-state index is 12.8. The molecule has 3 aromatic carbocycles. The summed E-state index contributed by atoms with van der Waals surface area (Å²) in [6.45, 7) is 0.411. The van der Waals surface area contributed by atoms with Crippen molar-refractivity contribution in [3.05, 3.63) is 108 Å². The predicted molar refractivity (Wildman–Crippen MR) is 119 cm³/mol. The number of nitrogens with one attached hydrogen (secondary N) is 3. The summed E-state index contributed by atoms with van der Waals surface area (Å²) in [7, 11) is 0. The van der Waals surface area contributed by atoms with Gasteiger partial charge >= 0.3 is 0 Å². The van der Waals surface area contributed by atoms with Gasteiger partial charge in [0.05, 0.1) is 5.92 Å². The highest BCUT2D eigenvalue weighted by Gasteiger charge is 2.22. The Labute approximate surface area is 181 Å². The number of benzene rings is 3. The van der Waals surface area contributed by atoms with E-state index in [0.717, 1.165) is 16.7 Å². The molecule has 6 heteroatoms. The third-order valence-electron chi connectivity index (χ3n) is 4.76. The second kappa shape index (κ2) is 11.3. The largest absolute Gasteiger partial charge is 0.352 e. The molecule has 0 aromatic heterocycles. The molecule has 3 amide bonds. The highest BCUT2D eigenvalue weighted by molar-refractivity contribution is 5.90. The lowest BCUT2D eigenvalue weighted by molar-refractivity contribution is -0.130. The number of hydrogen-bond acceptors (Lipinski definition) is 3. The molecular weight excluding hydrogens is 390 g/mol. The summed E-state index contributed by atoms with van der Waals surface area (Å²) in [6.07, 6.45) is 0.0115. The molecule has 31 heavy (non-hydrogen) atoms. The third kappa shape index (κ3) is 6.82. The second-order valence-corrected chi connectivity index (χ2v) is 7.05. The first-order valence-corrected chi connectivity index (χ1v) is 10.1. The Morgan fingerprint density at radius 2 is 1.10 bits per heavy atom. The third-order valence-corrected chi connectivity index (χ3v) is 4.76. The summed E-state index contributed by atoms with van der Waals surface area (Å²) in [5.41, 5.74) is 7.53. The summed E-state index contributed by atoms with van der Waals surface area (Å²) < 4.78 is 0. The van der Waals surface area contributed by atoms with Crippen LogP contribution in [0.25, 0.3) is 0 Å². The SMILES string of the molecule is O=C(CCC(=O)NNC(=O)C(c1ccccc1)c1ccccc1)NCc1ccccc1. The normalized spacial score (nSPS) is 10.4. The van der Waals surface area contributed by atoms with Crippen LogP contribution in [0.15, 0.2) is 91.0 Å². The molecular formula is C25H25N3O3. The lowest BCUT2D eigenvalue weighted by Gasteiger charge is -2.18. The molecule has 3 N–H and O–H groups in total. The van der Waals surface area contributed by atoms with E-state index in [1.54, 1.807) is 0 Å². The number of amides is 3. The van der Waals surface area contributed by atoms with Gasteiger partial charge < -0.3 is 5.32 Å². The Kier molecular flexibility index (Phi) is 7.94. The maximum atomic E-state index is 12.8. The lowest BCUT2D eigenvalue weighted by atomic mass is 9.91. The molecule has 3 rings (SSSR count). The van der Waals surface area contributed by atoms with Gasteiger partial charge in [0.25, 0.3) is 0 Å². The zero-order chi connectivity index (χ0) is 21.9. The molecule has 3 aromatic rings. The van der Waals surface area contributed by atoms with Crippen LogP contribution in [0.1, 0.15) is 35.4 Å². The highest BCUT2D eigenvalue weighted by Crippen LogP contribution is 2.24. The molecule has 0 fully saturated rings. The standard InChI is InChI=1S/C25H25N3O3/c29-22(26-18-19-10-4-1-5-11-19)16-17-23(30)27-28-25(31)24(20-12-6-2-7-13-20)21-14-8-3-9-15-21/h1-15,24H,16-18H2,(H,26,29)(H,27,30)(H,28,31). The Balaban J connectivity index is 1.49. The Hall–Kier alpha value is -3.93. The van der Waals surface area contributed by atoms with Gasteiger partial charge in [-0.25, -0.2) is 0 Å². The van der Waals surface area contributed by atoms with Crippen molar-refractivity contribution >= 4 is 17.7 Å². The van der Waals surface area contributed by atoms with Crippen LogP contribution in [0, 0.1) is 0 Å². The molecule has 6 nitrogen and oxygen atoms in total. The van der Waals surface area contributed by atoms with E-state index in [-0.39, 0.29) is 24.7 Å². The molecule has 0 bridgehead atoms. The van der Waals surface area contributed by atoms with Gasteiger partial charge in [0.15, 0.2) is 0 Å². The van der Waals surface area contributed by atoms with Crippen LogP contribution in [0.5, 0.6) is 0 Å². The van der Waals surface area contributed by atoms with Gasteiger partial charge in [0.2, 0.25) is 17.7 Å². The highest BCUT2D eigenvalue weighted by atomic mass is 16.2. The zero-order valence-corrected chi connectivity index (χ0v) is 17.1. The molecule has 0 saturated carbocycles.